The Labute approximate surface area is 116 Å². The number of thiol groups is 2. The molecule has 0 bridgehead atoms. The summed E-state index contributed by atoms with van der Waals surface area (Å²) in [5.41, 5.74) is 0.641. The molecule has 1 aromatic carbocycles. The van der Waals surface area contributed by atoms with E-state index in [1.165, 1.54) is 11.8 Å². The van der Waals surface area contributed by atoms with E-state index in [4.69, 9.17) is 4.74 Å². The van der Waals surface area contributed by atoms with Gasteiger partial charge >= 0.3 is 6.09 Å². The van der Waals surface area contributed by atoms with Gasteiger partial charge < -0.3 is 10.1 Å². The van der Waals surface area contributed by atoms with Gasteiger partial charge in [0.05, 0.1) is 11.8 Å². The molecule has 0 aliphatic carbocycles. The Morgan fingerprint density at radius 3 is 2.22 bits per heavy atom. The van der Waals surface area contributed by atoms with Crippen LogP contribution < -0.4 is 10.1 Å². The number of anilines is 1. The predicted octanol–water partition coefficient (Wildman–Crippen LogP) is 2.22. The number of hydrogen-bond acceptors (Lipinski definition) is 5. The molecule has 0 unspecified atom stereocenters. The first kappa shape index (κ1) is 14.7. The van der Waals surface area contributed by atoms with Gasteiger partial charge in [0.2, 0.25) is 5.91 Å². The number of benzene rings is 1. The van der Waals surface area contributed by atoms with Crippen molar-refractivity contribution >= 4 is 42.9 Å². The summed E-state index contributed by atoms with van der Waals surface area (Å²) in [6.45, 7) is 1.42. The molecule has 1 N–H and O–H groups in total. The monoisotopic (exact) mass is 286 g/mol. The number of carbonyl (C=O) groups excluding carboxylic acids is 2. The summed E-state index contributed by atoms with van der Waals surface area (Å²) in [5, 5.41) is 2.62. The minimum absolute atomic E-state index is 0.156. The van der Waals surface area contributed by atoms with E-state index in [2.05, 4.69) is 30.6 Å². The Hall–Kier alpha value is -1.34. The minimum Gasteiger partial charge on any atom is -0.410 e. The van der Waals surface area contributed by atoms with Crippen LogP contribution in [0.3, 0.4) is 0 Å². The maximum atomic E-state index is 11.6. The zero-order chi connectivity index (χ0) is 13.5. The number of amides is 2. The Kier molecular flexibility index (Phi) is 5.87. The quantitative estimate of drug-likeness (QED) is 0.587. The van der Waals surface area contributed by atoms with E-state index < -0.39 is 6.09 Å². The molecule has 1 aromatic rings. The van der Waals surface area contributed by atoms with Crippen molar-refractivity contribution in [3.05, 3.63) is 24.3 Å². The van der Waals surface area contributed by atoms with E-state index in [1.54, 1.807) is 24.3 Å². The fourth-order valence-corrected chi connectivity index (χ4v) is 1.72. The summed E-state index contributed by atoms with van der Waals surface area (Å²) < 4.78 is 5.09. The van der Waals surface area contributed by atoms with Crippen LogP contribution in [-0.4, -0.2) is 28.7 Å². The first-order valence-electron chi connectivity index (χ1n) is 5.13. The maximum Gasteiger partial charge on any atom is 0.416 e. The third-order valence-corrected chi connectivity index (χ3v) is 2.66. The molecule has 0 heterocycles. The molecule has 5 nitrogen and oxygen atoms in total. The van der Waals surface area contributed by atoms with Crippen molar-refractivity contribution in [3.8, 4) is 5.75 Å². The van der Waals surface area contributed by atoms with Crippen molar-refractivity contribution in [2.45, 2.75) is 6.92 Å². The lowest BCUT2D eigenvalue weighted by molar-refractivity contribution is -0.114. The van der Waals surface area contributed by atoms with Gasteiger partial charge in [-0.15, -0.1) is 0 Å². The molecule has 0 aliphatic heterocycles. The van der Waals surface area contributed by atoms with E-state index in [0.29, 0.717) is 11.4 Å². The van der Waals surface area contributed by atoms with Gasteiger partial charge in [-0.25, -0.2) is 4.79 Å². The Morgan fingerprint density at radius 1 is 1.22 bits per heavy atom. The SMILES string of the molecule is CC(=O)Nc1ccc(OC(=O)N(CS)CS)cc1. The molecular weight excluding hydrogens is 272 g/mol. The second-order valence-corrected chi connectivity index (χ2v) is 3.96. The highest BCUT2D eigenvalue weighted by molar-refractivity contribution is 7.81. The summed E-state index contributed by atoms with van der Waals surface area (Å²) >= 11 is 7.97. The summed E-state index contributed by atoms with van der Waals surface area (Å²) in [6.07, 6.45) is -0.521. The van der Waals surface area contributed by atoms with E-state index in [9.17, 15) is 9.59 Å². The van der Waals surface area contributed by atoms with Crippen molar-refractivity contribution in [2.75, 3.05) is 17.1 Å². The van der Waals surface area contributed by atoms with Crippen LogP contribution in [-0.2, 0) is 4.79 Å². The molecular formula is C11H14N2O3S2. The first-order chi connectivity index (χ1) is 8.56. The Morgan fingerprint density at radius 2 is 1.78 bits per heavy atom. The Bertz CT molecular complexity index is 419. The van der Waals surface area contributed by atoms with Crippen LogP contribution in [0.25, 0.3) is 0 Å². The summed E-state index contributed by atoms with van der Waals surface area (Å²) in [6, 6.07) is 6.49. The van der Waals surface area contributed by atoms with Gasteiger partial charge in [-0.1, -0.05) is 0 Å². The fraction of sp³-hybridized carbons (Fsp3) is 0.273. The molecule has 0 fully saturated rings. The van der Waals surface area contributed by atoms with Crippen LogP contribution in [0, 0.1) is 0 Å². The molecule has 98 valence electrons. The van der Waals surface area contributed by atoms with E-state index >= 15 is 0 Å². The second kappa shape index (κ2) is 7.17. The molecule has 0 saturated carbocycles. The molecule has 0 atom stereocenters. The lowest BCUT2D eigenvalue weighted by atomic mass is 10.3. The maximum absolute atomic E-state index is 11.6. The van der Waals surface area contributed by atoms with Gasteiger partial charge in [-0.2, -0.15) is 25.3 Å². The van der Waals surface area contributed by atoms with Crippen LogP contribution in [0.4, 0.5) is 10.5 Å². The van der Waals surface area contributed by atoms with Gasteiger partial charge in [-0.05, 0) is 24.3 Å². The van der Waals surface area contributed by atoms with Crippen LogP contribution >= 0.6 is 25.3 Å². The molecule has 2 amide bonds. The van der Waals surface area contributed by atoms with Gasteiger partial charge in [0, 0.05) is 12.6 Å². The molecule has 0 radical (unpaired) electrons. The fourth-order valence-electron chi connectivity index (χ4n) is 1.14. The number of carbonyl (C=O) groups is 2. The topological polar surface area (TPSA) is 58.6 Å². The number of hydrogen-bond donors (Lipinski definition) is 3. The molecule has 0 aliphatic rings. The highest BCUT2D eigenvalue weighted by Crippen LogP contribution is 2.16. The number of nitrogens with zero attached hydrogens (tertiary/aromatic N) is 1. The third-order valence-electron chi connectivity index (χ3n) is 1.98. The molecule has 7 heteroatoms. The van der Waals surface area contributed by atoms with Gasteiger partial charge in [0.25, 0.3) is 0 Å². The highest BCUT2D eigenvalue weighted by atomic mass is 32.1. The number of ether oxygens (including phenoxy) is 1. The largest absolute Gasteiger partial charge is 0.416 e. The first-order valence-corrected chi connectivity index (χ1v) is 6.39. The third kappa shape index (κ3) is 4.50. The zero-order valence-electron chi connectivity index (χ0n) is 9.79. The smallest absolute Gasteiger partial charge is 0.410 e. The Balaban J connectivity index is 2.63. The van der Waals surface area contributed by atoms with Gasteiger partial charge in [0.15, 0.2) is 0 Å². The van der Waals surface area contributed by atoms with Gasteiger partial charge in [-0.3, -0.25) is 9.69 Å². The van der Waals surface area contributed by atoms with E-state index in [1.807, 2.05) is 0 Å². The average Bonchev–Trinajstić information content (AvgIpc) is 2.32. The molecule has 0 saturated heterocycles. The van der Waals surface area contributed by atoms with Crippen LogP contribution in [0.5, 0.6) is 5.75 Å². The minimum atomic E-state index is -0.521. The average molecular weight is 286 g/mol. The standard InChI is InChI=1S/C11H14N2O3S2/c1-8(14)12-9-2-4-10(5-3-9)16-11(15)13(6-17)7-18/h2-5,17-18H,6-7H2,1H3,(H,12,14). The molecule has 18 heavy (non-hydrogen) atoms. The van der Waals surface area contributed by atoms with Gasteiger partial charge in [0.1, 0.15) is 5.75 Å². The second-order valence-electron chi connectivity index (χ2n) is 3.40. The molecule has 0 spiro atoms. The lowest BCUT2D eigenvalue weighted by Gasteiger charge is -2.16. The van der Waals surface area contributed by atoms with E-state index in [0.717, 1.165) is 0 Å². The zero-order valence-corrected chi connectivity index (χ0v) is 11.6. The molecule has 0 aromatic heterocycles. The molecule has 1 rings (SSSR count). The summed E-state index contributed by atoms with van der Waals surface area (Å²) in [5.74, 6) is 0.692. The highest BCUT2D eigenvalue weighted by Gasteiger charge is 2.12. The van der Waals surface area contributed by atoms with Crippen LogP contribution in [0.15, 0.2) is 24.3 Å². The number of rotatable bonds is 4. The van der Waals surface area contributed by atoms with E-state index in [-0.39, 0.29) is 17.7 Å². The van der Waals surface area contributed by atoms with Crippen LogP contribution in [0.1, 0.15) is 6.92 Å². The summed E-state index contributed by atoms with van der Waals surface area (Å²) in [4.78, 5) is 23.7. The van der Waals surface area contributed by atoms with Crippen molar-refractivity contribution < 1.29 is 14.3 Å². The van der Waals surface area contributed by atoms with Crippen LogP contribution in [0.2, 0.25) is 0 Å². The van der Waals surface area contributed by atoms with Crippen molar-refractivity contribution in [2.24, 2.45) is 0 Å². The lowest BCUT2D eigenvalue weighted by Crippen LogP contribution is -2.31. The number of nitrogens with one attached hydrogen (secondary N) is 1. The van der Waals surface area contributed by atoms with Crippen molar-refractivity contribution in [1.29, 1.82) is 0 Å². The summed E-state index contributed by atoms with van der Waals surface area (Å²) in [7, 11) is 0. The van der Waals surface area contributed by atoms with Crippen molar-refractivity contribution in [3.63, 3.8) is 0 Å². The predicted molar refractivity (Wildman–Crippen MR) is 76.3 cm³/mol. The van der Waals surface area contributed by atoms with Crippen molar-refractivity contribution in [1.82, 2.24) is 4.90 Å². The normalized spacial score (nSPS) is 9.72.